The van der Waals surface area contributed by atoms with Crippen LogP contribution >= 0.6 is 0 Å². The molecule has 0 heterocycles. The van der Waals surface area contributed by atoms with E-state index in [1.165, 1.54) is 26.4 Å². The Morgan fingerprint density at radius 1 is 0.786 bits per heavy atom. The van der Waals surface area contributed by atoms with Crippen molar-refractivity contribution in [2.75, 3.05) is 14.2 Å². The Labute approximate surface area is 164 Å². The molecule has 0 aliphatic carbocycles. The quantitative estimate of drug-likeness (QED) is 0.620. The molecule has 0 unspecified atom stereocenters. The van der Waals surface area contributed by atoms with Crippen molar-refractivity contribution in [3.8, 4) is 23.0 Å². The van der Waals surface area contributed by atoms with Crippen LogP contribution in [0.15, 0.2) is 77.7 Å². The number of nitrogens with one attached hydrogen (secondary N) is 1. The fourth-order valence-corrected chi connectivity index (χ4v) is 3.62. The molecule has 0 fully saturated rings. The topological polar surface area (TPSA) is 73.9 Å². The van der Waals surface area contributed by atoms with Crippen LogP contribution in [0.1, 0.15) is 5.56 Å². The minimum Gasteiger partial charge on any atom is -0.493 e. The number of rotatable bonds is 8. The molecule has 0 aliphatic rings. The number of ether oxygens (including phenoxy) is 3. The molecule has 146 valence electrons. The van der Waals surface area contributed by atoms with Crippen LogP contribution < -0.4 is 18.9 Å². The fraction of sp³-hybridized carbons (Fsp3) is 0.143. The summed E-state index contributed by atoms with van der Waals surface area (Å²) < 4.78 is 43.9. The zero-order valence-corrected chi connectivity index (χ0v) is 16.4. The smallest absolute Gasteiger partial charge is 0.241 e. The summed E-state index contributed by atoms with van der Waals surface area (Å²) in [7, 11) is -0.761. The molecule has 7 heteroatoms. The minimum absolute atomic E-state index is 0.0989. The van der Waals surface area contributed by atoms with Gasteiger partial charge in [0, 0.05) is 12.6 Å². The Morgan fingerprint density at radius 3 is 2.21 bits per heavy atom. The number of benzene rings is 3. The molecule has 3 aromatic rings. The lowest BCUT2D eigenvalue weighted by atomic mass is 10.2. The van der Waals surface area contributed by atoms with Gasteiger partial charge >= 0.3 is 0 Å². The summed E-state index contributed by atoms with van der Waals surface area (Å²) in [6, 6.07) is 21.1. The first-order valence-corrected chi connectivity index (χ1v) is 10.0. The standard InChI is InChI=1S/C21H21NO5S/c1-25-20-12-11-19(14-21(20)26-2)28(23,24)22-15-16-7-6-10-18(13-16)27-17-8-4-3-5-9-17/h3-14,22H,15H2,1-2H3. The Morgan fingerprint density at radius 2 is 1.50 bits per heavy atom. The van der Waals surface area contributed by atoms with Crippen molar-refractivity contribution in [1.82, 2.24) is 4.72 Å². The maximum Gasteiger partial charge on any atom is 0.241 e. The Balaban J connectivity index is 1.72. The van der Waals surface area contributed by atoms with Gasteiger partial charge in [0.25, 0.3) is 0 Å². The number of para-hydroxylation sites is 1. The third-order valence-electron chi connectivity index (χ3n) is 4.01. The average molecular weight is 399 g/mol. The highest BCUT2D eigenvalue weighted by Gasteiger charge is 2.17. The zero-order valence-electron chi connectivity index (χ0n) is 15.6. The molecule has 3 aromatic carbocycles. The van der Waals surface area contributed by atoms with E-state index in [2.05, 4.69) is 4.72 Å². The molecule has 6 nitrogen and oxygen atoms in total. The fourth-order valence-electron chi connectivity index (χ4n) is 2.59. The van der Waals surface area contributed by atoms with Crippen LogP contribution in [0, 0.1) is 0 Å². The van der Waals surface area contributed by atoms with Crippen molar-refractivity contribution >= 4 is 10.0 Å². The van der Waals surface area contributed by atoms with Crippen molar-refractivity contribution in [2.45, 2.75) is 11.4 Å². The maximum absolute atomic E-state index is 12.6. The molecule has 0 bridgehead atoms. The van der Waals surface area contributed by atoms with Gasteiger partial charge in [0.05, 0.1) is 19.1 Å². The molecule has 0 saturated heterocycles. The van der Waals surface area contributed by atoms with Gasteiger partial charge in [-0.15, -0.1) is 0 Å². The van der Waals surface area contributed by atoms with E-state index in [4.69, 9.17) is 14.2 Å². The predicted molar refractivity (Wildman–Crippen MR) is 107 cm³/mol. The van der Waals surface area contributed by atoms with Crippen LogP contribution in [-0.2, 0) is 16.6 Å². The molecule has 0 amide bonds. The minimum atomic E-state index is -3.71. The molecule has 0 aliphatic heterocycles. The summed E-state index contributed by atoms with van der Waals surface area (Å²) in [6.45, 7) is 0.128. The third-order valence-corrected chi connectivity index (χ3v) is 5.41. The Hall–Kier alpha value is -3.03. The average Bonchev–Trinajstić information content (AvgIpc) is 2.73. The van der Waals surface area contributed by atoms with Gasteiger partial charge in [-0.25, -0.2) is 13.1 Å². The van der Waals surface area contributed by atoms with E-state index in [0.717, 1.165) is 5.56 Å². The molecule has 0 saturated carbocycles. The highest BCUT2D eigenvalue weighted by atomic mass is 32.2. The van der Waals surface area contributed by atoms with Gasteiger partial charge in [0.2, 0.25) is 10.0 Å². The normalized spacial score (nSPS) is 11.1. The molecule has 0 radical (unpaired) electrons. The molecule has 3 rings (SSSR count). The highest BCUT2D eigenvalue weighted by molar-refractivity contribution is 7.89. The SMILES string of the molecule is COc1ccc(S(=O)(=O)NCc2cccc(Oc3ccccc3)c2)cc1OC. The van der Waals surface area contributed by atoms with Gasteiger partial charge in [-0.2, -0.15) is 0 Å². The second kappa shape index (κ2) is 8.77. The molecular weight excluding hydrogens is 378 g/mol. The first kappa shape index (κ1) is 19.7. The summed E-state index contributed by atoms with van der Waals surface area (Å²) in [6.07, 6.45) is 0. The maximum atomic E-state index is 12.6. The Bertz CT molecular complexity index is 1040. The molecule has 0 atom stereocenters. The molecule has 0 spiro atoms. The Kier molecular flexibility index (Phi) is 6.18. The summed E-state index contributed by atoms with van der Waals surface area (Å²) in [4.78, 5) is 0.0989. The number of methoxy groups -OCH3 is 2. The number of hydrogen-bond acceptors (Lipinski definition) is 5. The van der Waals surface area contributed by atoms with Gasteiger partial charge in [0.15, 0.2) is 11.5 Å². The predicted octanol–water partition coefficient (Wildman–Crippen LogP) is 3.97. The van der Waals surface area contributed by atoms with E-state index in [1.807, 2.05) is 48.5 Å². The lowest BCUT2D eigenvalue weighted by molar-refractivity contribution is 0.354. The van der Waals surface area contributed by atoms with Gasteiger partial charge in [-0.05, 0) is 42.0 Å². The van der Waals surface area contributed by atoms with Crippen LogP contribution in [0.4, 0.5) is 0 Å². The van der Waals surface area contributed by atoms with Crippen molar-refractivity contribution in [3.05, 3.63) is 78.4 Å². The molecule has 28 heavy (non-hydrogen) atoms. The van der Waals surface area contributed by atoms with Crippen molar-refractivity contribution < 1.29 is 22.6 Å². The number of sulfonamides is 1. The highest BCUT2D eigenvalue weighted by Crippen LogP contribution is 2.29. The first-order valence-electron chi connectivity index (χ1n) is 8.55. The van der Waals surface area contributed by atoms with Crippen LogP contribution in [-0.4, -0.2) is 22.6 Å². The second-order valence-electron chi connectivity index (χ2n) is 5.90. The van der Waals surface area contributed by atoms with Crippen LogP contribution in [0.3, 0.4) is 0 Å². The largest absolute Gasteiger partial charge is 0.493 e. The van der Waals surface area contributed by atoms with E-state index in [1.54, 1.807) is 12.1 Å². The number of hydrogen-bond donors (Lipinski definition) is 1. The lowest BCUT2D eigenvalue weighted by Crippen LogP contribution is -2.23. The van der Waals surface area contributed by atoms with E-state index >= 15 is 0 Å². The van der Waals surface area contributed by atoms with Crippen LogP contribution in [0.5, 0.6) is 23.0 Å². The second-order valence-corrected chi connectivity index (χ2v) is 7.67. The van der Waals surface area contributed by atoms with Crippen molar-refractivity contribution in [2.24, 2.45) is 0 Å². The summed E-state index contributed by atoms with van der Waals surface area (Å²) in [5, 5.41) is 0. The third kappa shape index (κ3) is 4.82. The van der Waals surface area contributed by atoms with E-state index in [-0.39, 0.29) is 11.4 Å². The summed E-state index contributed by atoms with van der Waals surface area (Å²) in [5.74, 6) is 2.16. The molecular formula is C21H21NO5S. The van der Waals surface area contributed by atoms with Crippen LogP contribution in [0.25, 0.3) is 0 Å². The van der Waals surface area contributed by atoms with Crippen molar-refractivity contribution in [3.63, 3.8) is 0 Å². The van der Waals surface area contributed by atoms with E-state index < -0.39 is 10.0 Å². The summed E-state index contributed by atoms with van der Waals surface area (Å²) >= 11 is 0. The van der Waals surface area contributed by atoms with Gasteiger partial charge in [0.1, 0.15) is 11.5 Å². The van der Waals surface area contributed by atoms with Gasteiger partial charge < -0.3 is 14.2 Å². The monoisotopic (exact) mass is 399 g/mol. The summed E-state index contributed by atoms with van der Waals surface area (Å²) in [5.41, 5.74) is 0.775. The van der Waals surface area contributed by atoms with Gasteiger partial charge in [-0.3, -0.25) is 0 Å². The molecule has 1 N–H and O–H groups in total. The lowest BCUT2D eigenvalue weighted by Gasteiger charge is -2.12. The zero-order chi connectivity index (χ0) is 20.0. The van der Waals surface area contributed by atoms with E-state index in [0.29, 0.717) is 23.0 Å². The first-order chi connectivity index (χ1) is 13.5. The van der Waals surface area contributed by atoms with E-state index in [9.17, 15) is 8.42 Å². The van der Waals surface area contributed by atoms with Gasteiger partial charge in [-0.1, -0.05) is 30.3 Å². The van der Waals surface area contributed by atoms with Crippen molar-refractivity contribution in [1.29, 1.82) is 0 Å². The molecule has 0 aromatic heterocycles. The van der Waals surface area contributed by atoms with Crippen LogP contribution in [0.2, 0.25) is 0 Å².